The smallest absolute Gasteiger partial charge is 0.475 e. The average molecular weight is 566 g/mol. The fourth-order valence-electron chi connectivity index (χ4n) is 4.76. The minimum absolute atomic E-state index is 0.0453. The van der Waals surface area contributed by atoms with Gasteiger partial charge in [-0.25, -0.2) is 13.9 Å². The van der Waals surface area contributed by atoms with Gasteiger partial charge in [-0.1, -0.05) is 41.9 Å². The molecule has 3 heterocycles. The molecule has 2 N–H and O–H groups in total. The van der Waals surface area contributed by atoms with Gasteiger partial charge in [0.2, 0.25) is 0 Å². The lowest BCUT2D eigenvalue weighted by atomic mass is 9.90. The van der Waals surface area contributed by atoms with Crippen molar-refractivity contribution >= 4 is 28.8 Å². The number of aliphatic carboxylic acids is 1. The molecule has 0 bridgehead atoms. The van der Waals surface area contributed by atoms with Gasteiger partial charge in [0.1, 0.15) is 5.82 Å². The largest absolute Gasteiger partial charge is 0.490 e. The molecule has 0 aliphatic carbocycles. The van der Waals surface area contributed by atoms with Gasteiger partial charge in [0.05, 0.1) is 22.5 Å². The van der Waals surface area contributed by atoms with Crippen molar-refractivity contribution in [2.75, 3.05) is 25.0 Å². The molecular weight excluding hydrogens is 538 g/mol. The van der Waals surface area contributed by atoms with Crippen LogP contribution >= 0.6 is 11.6 Å². The Balaban J connectivity index is 0.000000448. The van der Waals surface area contributed by atoms with E-state index in [4.69, 9.17) is 21.5 Å². The predicted molar refractivity (Wildman–Crippen MR) is 141 cm³/mol. The first-order valence-corrected chi connectivity index (χ1v) is 12.8. The molecular formula is C27H28ClF4N5O2. The highest BCUT2D eigenvalue weighted by molar-refractivity contribution is 6.31. The Morgan fingerprint density at radius 3 is 2.56 bits per heavy atom. The van der Waals surface area contributed by atoms with Crippen molar-refractivity contribution in [3.63, 3.8) is 0 Å². The van der Waals surface area contributed by atoms with Gasteiger partial charge in [0.25, 0.3) is 0 Å². The number of anilines is 1. The summed E-state index contributed by atoms with van der Waals surface area (Å²) in [6.45, 7) is 8.13. The highest BCUT2D eigenvalue weighted by Crippen LogP contribution is 2.39. The zero-order valence-corrected chi connectivity index (χ0v) is 22.2. The maximum atomic E-state index is 13.7. The van der Waals surface area contributed by atoms with Gasteiger partial charge < -0.3 is 10.4 Å². The van der Waals surface area contributed by atoms with Crippen LogP contribution in [0.4, 0.5) is 23.2 Å². The Morgan fingerprint density at radius 1 is 1.21 bits per heavy atom. The number of halogens is 5. The van der Waals surface area contributed by atoms with E-state index < -0.39 is 18.0 Å². The summed E-state index contributed by atoms with van der Waals surface area (Å²) in [5, 5.41) is 19.5. The van der Waals surface area contributed by atoms with Crippen LogP contribution < -0.4 is 5.32 Å². The topological polar surface area (TPSA) is 83.3 Å². The maximum absolute atomic E-state index is 13.7. The molecule has 208 valence electrons. The Morgan fingerprint density at radius 2 is 1.95 bits per heavy atom. The van der Waals surface area contributed by atoms with Gasteiger partial charge in [-0.05, 0) is 67.3 Å². The first-order chi connectivity index (χ1) is 18.5. The summed E-state index contributed by atoms with van der Waals surface area (Å²) < 4.78 is 47.4. The second-order valence-corrected chi connectivity index (χ2v) is 9.75. The Kier molecular flexibility index (Phi) is 8.60. The fraction of sp³-hybridized carbons (Fsp3) is 0.370. The summed E-state index contributed by atoms with van der Waals surface area (Å²) in [5.41, 5.74) is 7.83. The molecule has 1 aromatic heterocycles. The van der Waals surface area contributed by atoms with E-state index in [1.165, 1.54) is 22.8 Å². The monoisotopic (exact) mass is 565 g/mol. The third-order valence-corrected chi connectivity index (χ3v) is 7.12. The molecule has 12 heteroatoms. The molecule has 2 aliphatic rings. The number of fused-ring (bicyclic) bond motifs is 3. The van der Waals surface area contributed by atoms with Gasteiger partial charge in [0, 0.05) is 30.9 Å². The van der Waals surface area contributed by atoms with Crippen LogP contribution in [0.2, 0.25) is 5.02 Å². The van der Waals surface area contributed by atoms with E-state index >= 15 is 0 Å². The van der Waals surface area contributed by atoms with Gasteiger partial charge in [-0.15, -0.1) is 5.10 Å². The minimum atomic E-state index is -5.08. The quantitative estimate of drug-likeness (QED) is 0.359. The third kappa shape index (κ3) is 6.59. The summed E-state index contributed by atoms with van der Waals surface area (Å²) in [4.78, 5) is 11.3. The van der Waals surface area contributed by atoms with E-state index in [0.29, 0.717) is 0 Å². The van der Waals surface area contributed by atoms with Crippen LogP contribution in [0.3, 0.4) is 0 Å². The number of hydrogen-bond acceptors (Lipinski definition) is 5. The van der Waals surface area contributed by atoms with Gasteiger partial charge in [-0.3, -0.25) is 4.90 Å². The summed E-state index contributed by atoms with van der Waals surface area (Å²) in [6, 6.07) is 11.6. The number of likely N-dealkylation sites (N-methyl/N-ethyl adjacent to an activating group) is 1. The number of aromatic nitrogens is 3. The van der Waals surface area contributed by atoms with Crippen molar-refractivity contribution in [1.29, 1.82) is 0 Å². The molecule has 1 unspecified atom stereocenters. The van der Waals surface area contributed by atoms with Crippen LogP contribution in [0.15, 0.2) is 42.5 Å². The molecule has 2 aliphatic heterocycles. The van der Waals surface area contributed by atoms with Crippen LogP contribution in [-0.4, -0.2) is 56.8 Å². The van der Waals surface area contributed by atoms with E-state index in [0.717, 1.165) is 61.7 Å². The van der Waals surface area contributed by atoms with Crippen molar-refractivity contribution in [3.8, 4) is 11.3 Å². The SMILES string of the molecule is CCN1CC=C(c2ccc3c(c2)C(Nc2ccc(F)c(Cl)c2)CCn2nnc(C)c2-3)CC1.O=C(O)C(F)(F)F. The molecule has 3 aromatic rings. The lowest BCUT2D eigenvalue weighted by Crippen LogP contribution is -2.28. The highest BCUT2D eigenvalue weighted by atomic mass is 35.5. The molecule has 1 atom stereocenters. The number of nitrogens with one attached hydrogen (secondary N) is 1. The van der Waals surface area contributed by atoms with Gasteiger partial charge in [0.15, 0.2) is 0 Å². The number of alkyl halides is 3. The van der Waals surface area contributed by atoms with Crippen molar-refractivity contribution in [3.05, 3.63) is 70.1 Å². The van der Waals surface area contributed by atoms with Crippen molar-refractivity contribution < 1.29 is 27.5 Å². The van der Waals surface area contributed by atoms with Crippen LogP contribution in [-0.2, 0) is 11.3 Å². The van der Waals surface area contributed by atoms with Gasteiger partial charge >= 0.3 is 12.1 Å². The van der Waals surface area contributed by atoms with E-state index in [-0.39, 0.29) is 11.1 Å². The molecule has 0 saturated heterocycles. The summed E-state index contributed by atoms with van der Waals surface area (Å²) in [5.74, 6) is -3.17. The fourth-order valence-corrected chi connectivity index (χ4v) is 4.94. The molecule has 0 saturated carbocycles. The lowest BCUT2D eigenvalue weighted by molar-refractivity contribution is -0.192. The molecule has 7 nitrogen and oxygen atoms in total. The molecule has 2 aromatic carbocycles. The first-order valence-electron chi connectivity index (χ1n) is 12.5. The zero-order valence-electron chi connectivity index (χ0n) is 21.4. The Labute approximate surface area is 228 Å². The predicted octanol–water partition coefficient (Wildman–Crippen LogP) is 6.35. The third-order valence-electron chi connectivity index (χ3n) is 6.83. The summed E-state index contributed by atoms with van der Waals surface area (Å²) >= 11 is 6.04. The van der Waals surface area contributed by atoms with Crippen LogP contribution in [0.25, 0.3) is 16.8 Å². The molecule has 5 rings (SSSR count). The molecule has 0 amide bonds. The molecule has 0 fully saturated rings. The van der Waals surface area contributed by atoms with Gasteiger partial charge in [-0.2, -0.15) is 13.2 Å². The van der Waals surface area contributed by atoms with Crippen LogP contribution in [0, 0.1) is 12.7 Å². The van der Waals surface area contributed by atoms with Crippen LogP contribution in [0.5, 0.6) is 0 Å². The number of carboxylic acids is 1. The average Bonchev–Trinajstić information content (AvgIpc) is 3.20. The number of rotatable bonds is 4. The van der Waals surface area contributed by atoms with Crippen molar-refractivity contribution in [2.45, 2.75) is 45.5 Å². The second kappa shape index (κ2) is 11.7. The summed E-state index contributed by atoms with van der Waals surface area (Å²) in [7, 11) is 0. The number of hydrogen-bond donors (Lipinski definition) is 2. The first kappa shape index (κ1) is 28.6. The van der Waals surface area contributed by atoms with E-state index in [1.807, 2.05) is 11.6 Å². The number of carbonyl (C=O) groups is 1. The van der Waals surface area contributed by atoms with E-state index in [2.05, 4.69) is 51.7 Å². The van der Waals surface area contributed by atoms with E-state index in [1.54, 1.807) is 12.1 Å². The normalized spacial score (nSPS) is 17.2. The second-order valence-electron chi connectivity index (χ2n) is 9.34. The number of aryl methyl sites for hydroxylation is 2. The van der Waals surface area contributed by atoms with Crippen LogP contribution in [0.1, 0.15) is 42.6 Å². The van der Waals surface area contributed by atoms with E-state index in [9.17, 15) is 17.6 Å². The number of carboxylic acid groups (broad SMARTS) is 1. The molecule has 0 spiro atoms. The maximum Gasteiger partial charge on any atom is 0.490 e. The lowest BCUT2D eigenvalue weighted by Gasteiger charge is -2.26. The number of benzene rings is 2. The molecule has 0 radical (unpaired) electrons. The van der Waals surface area contributed by atoms with Crippen molar-refractivity contribution in [2.24, 2.45) is 0 Å². The highest BCUT2D eigenvalue weighted by Gasteiger charge is 2.38. The zero-order chi connectivity index (χ0) is 28.3. The standard InChI is InChI=1S/C25H27ClFN5.C2HF3O2/c1-3-31-11-8-17(9-12-31)18-4-6-20-21(14-18)24(10-13-32-25(20)16(2)29-30-32)28-19-5-7-23(27)22(26)15-19;3-2(4,5)1(6)7/h4-8,14-15,24,28H,3,9-13H2,1-2H3;(H,6,7). The Bertz CT molecular complexity index is 1390. The minimum Gasteiger partial charge on any atom is -0.475 e. The number of nitrogens with zero attached hydrogens (tertiary/aromatic N) is 4. The summed E-state index contributed by atoms with van der Waals surface area (Å²) in [6.07, 6.45) is -0.842. The molecule has 39 heavy (non-hydrogen) atoms. The van der Waals surface area contributed by atoms with Crippen molar-refractivity contribution in [1.82, 2.24) is 19.9 Å². The Hall–Kier alpha value is -3.44.